The molecule has 1 aliphatic heterocycles. The first kappa shape index (κ1) is 14.7. The van der Waals surface area contributed by atoms with E-state index in [2.05, 4.69) is 5.32 Å². The number of nitrogens with one attached hydrogen (secondary N) is 1. The normalized spacial score (nSPS) is 15.3. The molecule has 1 fully saturated rings. The molecule has 1 aromatic carbocycles. The summed E-state index contributed by atoms with van der Waals surface area (Å²) in [6.45, 7) is -0.314. The van der Waals surface area contributed by atoms with Crippen LogP contribution in [0.25, 0.3) is 0 Å². The van der Waals surface area contributed by atoms with Gasteiger partial charge in [0, 0.05) is 17.9 Å². The number of carbonyl (C=O) groups is 3. The Balaban J connectivity index is 2.01. The van der Waals surface area contributed by atoms with E-state index in [-0.39, 0.29) is 18.9 Å². The lowest BCUT2D eigenvalue weighted by atomic mass is 10.3. The third-order valence-corrected chi connectivity index (χ3v) is 3.82. The Morgan fingerprint density at radius 2 is 2.20 bits per heavy atom. The van der Waals surface area contributed by atoms with E-state index in [0.29, 0.717) is 22.2 Å². The van der Waals surface area contributed by atoms with Crippen molar-refractivity contribution in [2.24, 2.45) is 0 Å². The second kappa shape index (κ2) is 6.15. The number of nitrogens with zero attached hydrogens (tertiary/aromatic N) is 1. The molecule has 1 heterocycles. The molecule has 3 N–H and O–H groups in total. The first-order chi connectivity index (χ1) is 9.47. The zero-order valence-electron chi connectivity index (χ0n) is 10.4. The quantitative estimate of drug-likeness (QED) is 0.832. The highest BCUT2D eigenvalue weighted by molar-refractivity contribution is 8.13. The molecule has 6 nitrogen and oxygen atoms in total. The summed E-state index contributed by atoms with van der Waals surface area (Å²) in [4.78, 5) is 35.9. The molecular weight excluding hydrogens is 302 g/mol. The van der Waals surface area contributed by atoms with Crippen LogP contribution in [0.2, 0.25) is 5.02 Å². The van der Waals surface area contributed by atoms with E-state index in [4.69, 9.17) is 17.3 Å². The van der Waals surface area contributed by atoms with E-state index in [1.54, 1.807) is 12.1 Å². The van der Waals surface area contributed by atoms with Crippen LogP contribution in [0.1, 0.15) is 6.42 Å². The first-order valence-electron chi connectivity index (χ1n) is 5.79. The van der Waals surface area contributed by atoms with Gasteiger partial charge in [-0.2, -0.15) is 0 Å². The molecule has 0 radical (unpaired) electrons. The van der Waals surface area contributed by atoms with Crippen molar-refractivity contribution in [2.45, 2.75) is 6.42 Å². The molecule has 0 aromatic heterocycles. The third kappa shape index (κ3) is 3.43. The zero-order chi connectivity index (χ0) is 14.7. The Morgan fingerprint density at radius 3 is 2.85 bits per heavy atom. The van der Waals surface area contributed by atoms with Gasteiger partial charge in [-0.25, -0.2) is 0 Å². The van der Waals surface area contributed by atoms with Gasteiger partial charge in [-0.15, -0.1) is 0 Å². The van der Waals surface area contributed by atoms with Gasteiger partial charge >= 0.3 is 0 Å². The minimum absolute atomic E-state index is 0.256. The van der Waals surface area contributed by atoms with Crippen LogP contribution >= 0.6 is 23.4 Å². The Labute approximate surface area is 124 Å². The van der Waals surface area contributed by atoms with Crippen molar-refractivity contribution < 1.29 is 14.4 Å². The fourth-order valence-corrected chi connectivity index (χ4v) is 2.67. The van der Waals surface area contributed by atoms with Crippen molar-refractivity contribution in [1.82, 2.24) is 4.90 Å². The number of amides is 3. The summed E-state index contributed by atoms with van der Waals surface area (Å²) in [5.74, 6) is -0.368. The number of anilines is 2. The molecule has 0 saturated carbocycles. The lowest BCUT2D eigenvalue weighted by Crippen LogP contribution is -2.43. The van der Waals surface area contributed by atoms with Gasteiger partial charge in [-0.1, -0.05) is 23.4 Å². The van der Waals surface area contributed by atoms with E-state index >= 15 is 0 Å². The highest BCUT2D eigenvalue weighted by atomic mass is 35.5. The maximum absolute atomic E-state index is 11.9. The van der Waals surface area contributed by atoms with Crippen LogP contribution in [-0.4, -0.2) is 34.3 Å². The summed E-state index contributed by atoms with van der Waals surface area (Å²) >= 11 is 6.95. The Bertz CT molecular complexity index is 563. The monoisotopic (exact) mass is 313 g/mol. The third-order valence-electron chi connectivity index (χ3n) is 2.63. The van der Waals surface area contributed by atoms with Crippen LogP contribution in [0.3, 0.4) is 0 Å². The zero-order valence-corrected chi connectivity index (χ0v) is 12.0. The number of rotatable bonds is 3. The molecule has 0 spiro atoms. The fourth-order valence-electron chi connectivity index (χ4n) is 1.66. The molecular formula is C12H12ClN3O3S. The number of benzene rings is 1. The lowest BCUT2D eigenvalue weighted by Gasteiger charge is -2.23. The van der Waals surface area contributed by atoms with Gasteiger partial charge in [0.05, 0.1) is 10.7 Å². The number of halogens is 1. The van der Waals surface area contributed by atoms with Crippen LogP contribution in [-0.2, 0) is 9.59 Å². The second-order valence-corrected chi connectivity index (χ2v) is 5.59. The molecule has 0 aliphatic carbocycles. The minimum atomic E-state index is -0.485. The summed E-state index contributed by atoms with van der Waals surface area (Å²) in [5, 5.41) is 2.44. The van der Waals surface area contributed by atoms with Crippen molar-refractivity contribution in [1.29, 1.82) is 0 Å². The largest absolute Gasteiger partial charge is 0.399 e. The number of thioether (sulfide) groups is 1. The molecule has 20 heavy (non-hydrogen) atoms. The number of nitrogens with two attached hydrogens (primary N) is 1. The maximum Gasteiger partial charge on any atom is 0.288 e. The molecule has 1 saturated heterocycles. The van der Waals surface area contributed by atoms with Crippen LogP contribution in [0, 0.1) is 0 Å². The highest BCUT2D eigenvalue weighted by Gasteiger charge is 2.28. The SMILES string of the molecule is Nc1ccc(NC(=O)CN2C(=O)CCSC2=O)c(Cl)c1. The topological polar surface area (TPSA) is 92.5 Å². The van der Waals surface area contributed by atoms with Crippen molar-refractivity contribution in [3.8, 4) is 0 Å². The predicted molar refractivity (Wildman–Crippen MR) is 78.7 cm³/mol. The summed E-state index contributed by atoms with van der Waals surface area (Å²) in [7, 11) is 0. The Morgan fingerprint density at radius 1 is 1.45 bits per heavy atom. The number of nitrogen functional groups attached to an aromatic ring is 1. The predicted octanol–water partition coefficient (Wildman–Crippen LogP) is 1.95. The molecule has 1 aliphatic rings. The fraction of sp³-hybridized carbons (Fsp3) is 0.250. The number of carbonyl (C=O) groups excluding carboxylic acids is 3. The molecule has 0 atom stereocenters. The van der Waals surface area contributed by atoms with Gasteiger partial charge in [0.1, 0.15) is 6.54 Å². The summed E-state index contributed by atoms with van der Waals surface area (Å²) in [6.07, 6.45) is 0.256. The van der Waals surface area contributed by atoms with Gasteiger partial charge < -0.3 is 11.1 Å². The van der Waals surface area contributed by atoms with Gasteiger partial charge in [-0.05, 0) is 18.2 Å². The summed E-state index contributed by atoms with van der Waals surface area (Å²) in [5.41, 5.74) is 6.41. The van der Waals surface area contributed by atoms with Gasteiger partial charge in [0.15, 0.2) is 0 Å². The molecule has 0 unspecified atom stereocenters. The molecule has 1 aromatic rings. The standard InChI is InChI=1S/C12H12ClN3O3S/c13-8-5-7(14)1-2-9(8)15-10(17)6-16-11(18)3-4-20-12(16)19/h1-2,5H,3-4,6,14H2,(H,15,17). The van der Waals surface area contributed by atoms with Crippen molar-refractivity contribution in [3.05, 3.63) is 23.2 Å². The maximum atomic E-state index is 11.9. The minimum Gasteiger partial charge on any atom is -0.399 e. The van der Waals surface area contributed by atoms with Gasteiger partial charge in [0.25, 0.3) is 5.24 Å². The highest BCUT2D eigenvalue weighted by Crippen LogP contribution is 2.24. The summed E-state index contributed by atoms with van der Waals surface area (Å²) < 4.78 is 0. The molecule has 106 valence electrons. The van der Waals surface area contributed by atoms with Crippen LogP contribution in [0.4, 0.5) is 16.2 Å². The van der Waals surface area contributed by atoms with Crippen molar-refractivity contribution in [3.63, 3.8) is 0 Å². The van der Waals surface area contributed by atoms with Gasteiger partial charge in [-0.3, -0.25) is 19.3 Å². The van der Waals surface area contributed by atoms with Crippen LogP contribution < -0.4 is 11.1 Å². The van der Waals surface area contributed by atoms with Gasteiger partial charge in [0.2, 0.25) is 11.8 Å². The average molecular weight is 314 g/mol. The number of hydrogen-bond donors (Lipinski definition) is 2. The lowest BCUT2D eigenvalue weighted by molar-refractivity contribution is -0.131. The van der Waals surface area contributed by atoms with Crippen LogP contribution in [0.15, 0.2) is 18.2 Å². The van der Waals surface area contributed by atoms with E-state index < -0.39 is 11.1 Å². The first-order valence-corrected chi connectivity index (χ1v) is 7.15. The van der Waals surface area contributed by atoms with E-state index in [1.807, 2.05) is 0 Å². The van der Waals surface area contributed by atoms with E-state index in [0.717, 1.165) is 16.7 Å². The van der Waals surface area contributed by atoms with E-state index in [9.17, 15) is 14.4 Å². The smallest absolute Gasteiger partial charge is 0.288 e. The number of imide groups is 1. The second-order valence-electron chi connectivity index (χ2n) is 4.13. The van der Waals surface area contributed by atoms with Crippen molar-refractivity contribution in [2.75, 3.05) is 23.3 Å². The number of hydrogen-bond acceptors (Lipinski definition) is 5. The van der Waals surface area contributed by atoms with Crippen LogP contribution in [0.5, 0.6) is 0 Å². The average Bonchev–Trinajstić information content (AvgIpc) is 2.37. The molecule has 0 bridgehead atoms. The molecule has 2 rings (SSSR count). The Hall–Kier alpha value is -1.73. The van der Waals surface area contributed by atoms with Crippen molar-refractivity contribution >= 4 is 51.8 Å². The Kier molecular flexibility index (Phi) is 4.51. The van der Waals surface area contributed by atoms with E-state index in [1.165, 1.54) is 6.07 Å². The summed E-state index contributed by atoms with van der Waals surface area (Å²) in [6, 6.07) is 4.66. The molecule has 3 amide bonds. The molecule has 8 heteroatoms.